The fourth-order valence-corrected chi connectivity index (χ4v) is 4.18. The molecule has 9 nitrogen and oxygen atoms in total. The van der Waals surface area contributed by atoms with E-state index in [4.69, 9.17) is 16.3 Å². The molecule has 0 unspecified atom stereocenters. The second-order valence-electron chi connectivity index (χ2n) is 7.98. The predicted molar refractivity (Wildman–Crippen MR) is 144 cm³/mol. The van der Waals surface area contributed by atoms with E-state index < -0.39 is 22.5 Å². The van der Waals surface area contributed by atoms with E-state index in [1.165, 1.54) is 30.5 Å². The number of hydrogen-bond donors (Lipinski definition) is 2. The average Bonchev–Trinajstić information content (AvgIpc) is 2.87. The molecule has 0 bridgehead atoms. The molecule has 0 atom stereocenters. The number of hydrogen-bond acceptors (Lipinski definition) is 6. The molecule has 0 radical (unpaired) electrons. The zero-order chi connectivity index (χ0) is 26.7. The van der Waals surface area contributed by atoms with Crippen LogP contribution in [0.4, 0.5) is 5.69 Å². The third-order valence-corrected chi connectivity index (χ3v) is 6.43. The van der Waals surface area contributed by atoms with Crippen LogP contribution in [0.1, 0.15) is 11.1 Å². The molecule has 11 heteroatoms. The van der Waals surface area contributed by atoms with Gasteiger partial charge in [-0.15, -0.1) is 0 Å². The zero-order valence-electron chi connectivity index (χ0n) is 20.1. The Morgan fingerprint density at radius 2 is 1.65 bits per heavy atom. The van der Waals surface area contributed by atoms with Crippen molar-refractivity contribution < 1.29 is 22.7 Å². The molecule has 0 spiro atoms. The average molecular weight is 543 g/mol. The van der Waals surface area contributed by atoms with Crippen LogP contribution in [0, 0.1) is 0 Å². The molecule has 0 heterocycles. The minimum atomic E-state index is -3.70. The van der Waals surface area contributed by atoms with E-state index in [1.54, 1.807) is 24.3 Å². The molecule has 0 aliphatic heterocycles. The molecule has 3 aromatic carbocycles. The Kier molecular flexibility index (Phi) is 10.0. The van der Waals surface area contributed by atoms with Crippen molar-refractivity contribution in [3.63, 3.8) is 0 Å². The quantitative estimate of drug-likeness (QED) is 0.269. The highest BCUT2D eigenvalue weighted by molar-refractivity contribution is 7.92. The number of amides is 2. The third-order valence-electron chi connectivity index (χ3n) is 5.03. The van der Waals surface area contributed by atoms with E-state index in [2.05, 4.69) is 15.8 Å². The van der Waals surface area contributed by atoms with Gasteiger partial charge in [-0.3, -0.25) is 13.9 Å². The lowest BCUT2D eigenvalue weighted by atomic mass is 10.1. The summed E-state index contributed by atoms with van der Waals surface area (Å²) in [5.74, 6) is -0.327. The number of nitrogens with one attached hydrogen (secondary N) is 2. The fourth-order valence-electron chi connectivity index (χ4n) is 3.19. The van der Waals surface area contributed by atoms with Gasteiger partial charge in [-0.1, -0.05) is 41.9 Å². The summed E-state index contributed by atoms with van der Waals surface area (Å²) in [5, 5.41) is 7.14. The third kappa shape index (κ3) is 9.59. The molecule has 3 aromatic rings. The number of benzene rings is 3. The van der Waals surface area contributed by atoms with Gasteiger partial charge in [-0.05, 0) is 66.1 Å². The summed E-state index contributed by atoms with van der Waals surface area (Å²) in [4.78, 5) is 24.3. The topological polar surface area (TPSA) is 117 Å². The highest BCUT2D eigenvalue weighted by Crippen LogP contribution is 2.20. The van der Waals surface area contributed by atoms with Gasteiger partial charge in [0, 0.05) is 11.6 Å². The van der Waals surface area contributed by atoms with Crippen molar-refractivity contribution >= 4 is 45.3 Å². The number of ether oxygens (including phenoxy) is 1. The monoisotopic (exact) mass is 542 g/mol. The van der Waals surface area contributed by atoms with Crippen LogP contribution in [-0.4, -0.2) is 52.4 Å². The van der Waals surface area contributed by atoms with Crippen molar-refractivity contribution in [1.29, 1.82) is 0 Å². The van der Waals surface area contributed by atoms with E-state index in [0.717, 1.165) is 22.5 Å². The molecule has 0 saturated carbocycles. The number of carbonyl (C=O) groups excluding carboxylic acids is 2. The summed E-state index contributed by atoms with van der Waals surface area (Å²) in [6, 6.07) is 22.7. The van der Waals surface area contributed by atoms with Crippen molar-refractivity contribution in [3.05, 3.63) is 95.0 Å². The summed E-state index contributed by atoms with van der Waals surface area (Å²) in [6.07, 6.45) is 3.16. The number of carbonyl (C=O) groups is 2. The minimum Gasteiger partial charge on any atom is -0.484 e. The van der Waals surface area contributed by atoms with E-state index >= 15 is 0 Å². The Morgan fingerprint density at radius 1 is 0.973 bits per heavy atom. The highest BCUT2D eigenvalue weighted by atomic mass is 35.5. The van der Waals surface area contributed by atoms with E-state index in [0.29, 0.717) is 28.6 Å². The van der Waals surface area contributed by atoms with Crippen LogP contribution in [0.2, 0.25) is 5.02 Å². The molecule has 0 aliphatic carbocycles. The SMILES string of the molecule is CS(=O)(=O)N(CC(=O)N/N=C/c1ccc(OCC(=O)NCCc2ccccc2)cc1)c1ccc(Cl)cc1. The van der Waals surface area contributed by atoms with Crippen molar-refractivity contribution in [1.82, 2.24) is 10.7 Å². The maximum Gasteiger partial charge on any atom is 0.260 e. The van der Waals surface area contributed by atoms with Gasteiger partial charge in [0.2, 0.25) is 10.0 Å². The molecule has 194 valence electrons. The van der Waals surface area contributed by atoms with Crippen LogP contribution in [0.3, 0.4) is 0 Å². The van der Waals surface area contributed by atoms with E-state index in [1.807, 2.05) is 30.3 Å². The largest absolute Gasteiger partial charge is 0.484 e. The van der Waals surface area contributed by atoms with Crippen molar-refractivity contribution in [2.75, 3.05) is 30.3 Å². The zero-order valence-corrected chi connectivity index (χ0v) is 21.7. The number of rotatable bonds is 12. The van der Waals surface area contributed by atoms with Gasteiger partial charge >= 0.3 is 0 Å². The smallest absolute Gasteiger partial charge is 0.260 e. The molecule has 2 amide bonds. The number of nitrogens with zero attached hydrogens (tertiary/aromatic N) is 2. The summed E-state index contributed by atoms with van der Waals surface area (Å²) in [7, 11) is -3.70. The van der Waals surface area contributed by atoms with Crippen LogP contribution in [0.15, 0.2) is 84.0 Å². The molecule has 0 fully saturated rings. The molecule has 0 aliphatic rings. The van der Waals surface area contributed by atoms with Gasteiger partial charge in [0.05, 0.1) is 18.2 Å². The summed E-state index contributed by atoms with van der Waals surface area (Å²) in [5.41, 5.74) is 4.44. The van der Waals surface area contributed by atoms with Crippen molar-refractivity contribution in [2.24, 2.45) is 5.10 Å². The predicted octanol–water partition coefficient (Wildman–Crippen LogP) is 2.99. The number of halogens is 1. The number of sulfonamides is 1. The first kappa shape index (κ1) is 27.7. The molecule has 0 saturated heterocycles. The van der Waals surface area contributed by atoms with Crippen molar-refractivity contribution in [2.45, 2.75) is 6.42 Å². The lowest BCUT2D eigenvalue weighted by Gasteiger charge is -2.21. The summed E-state index contributed by atoms with van der Waals surface area (Å²) < 4.78 is 30.7. The minimum absolute atomic E-state index is 0.108. The fraction of sp³-hybridized carbons (Fsp3) is 0.192. The van der Waals surface area contributed by atoms with Crippen LogP contribution < -0.4 is 19.8 Å². The molecule has 2 N–H and O–H groups in total. The summed E-state index contributed by atoms with van der Waals surface area (Å²) in [6.45, 7) is -0.0320. The van der Waals surface area contributed by atoms with Crippen LogP contribution in [-0.2, 0) is 26.0 Å². The maximum atomic E-state index is 12.3. The molecular weight excluding hydrogens is 516 g/mol. The first-order valence-electron chi connectivity index (χ1n) is 11.3. The Bertz CT molecular complexity index is 1320. The summed E-state index contributed by atoms with van der Waals surface area (Å²) >= 11 is 5.85. The van der Waals surface area contributed by atoms with Crippen molar-refractivity contribution in [3.8, 4) is 5.75 Å². The first-order valence-corrected chi connectivity index (χ1v) is 13.5. The maximum absolute atomic E-state index is 12.3. The van der Waals surface area contributed by atoms with Gasteiger partial charge in [0.15, 0.2) is 6.61 Å². The lowest BCUT2D eigenvalue weighted by Crippen LogP contribution is -2.38. The Labute approximate surface area is 221 Å². The van der Waals surface area contributed by atoms with Crippen LogP contribution in [0.5, 0.6) is 5.75 Å². The second-order valence-corrected chi connectivity index (χ2v) is 10.3. The van der Waals surface area contributed by atoms with Gasteiger partial charge < -0.3 is 10.1 Å². The van der Waals surface area contributed by atoms with Gasteiger partial charge in [0.25, 0.3) is 11.8 Å². The highest BCUT2D eigenvalue weighted by Gasteiger charge is 2.20. The Morgan fingerprint density at radius 3 is 2.30 bits per heavy atom. The number of hydrazone groups is 1. The van der Waals surface area contributed by atoms with Gasteiger partial charge in [-0.25, -0.2) is 13.8 Å². The van der Waals surface area contributed by atoms with Gasteiger partial charge in [0.1, 0.15) is 12.3 Å². The number of anilines is 1. The molecule has 3 rings (SSSR count). The van der Waals surface area contributed by atoms with Gasteiger partial charge in [-0.2, -0.15) is 5.10 Å². The standard InChI is InChI=1S/C26H27ClN4O5S/c1-37(34,35)31(23-11-9-22(27)10-12-23)18-25(32)30-29-17-21-7-13-24(14-8-21)36-19-26(33)28-16-15-20-5-3-2-4-6-20/h2-14,17H,15-16,18-19H2,1H3,(H,28,33)(H,30,32)/b29-17+. The van der Waals surface area contributed by atoms with E-state index in [9.17, 15) is 18.0 Å². The Hall–Kier alpha value is -3.89. The first-order chi connectivity index (χ1) is 17.7. The normalized spacial score (nSPS) is 11.2. The van der Waals surface area contributed by atoms with Crippen LogP contribution in [0.25, 0.3) is 0 Å². The second kappa shape index (κ2) is 13.4. The van der Waals surface area contributed by atoms with E-state index in [-0.39, 0.29) is 12.5 Å². The molecule has 37 heavy (non-hydrogen) atoms. The van der Waals surface area contributed by atoms with Crippen LogP contribution >= 0.6 is 11.6 Å². The Balaban J connectivity index is 1.43. The lowest BCUT2D eigenvalue weighted by molar-refractivity contribution is -0.123. The molecule has 0 aromatic heterocycles. The molecular formula is C26H27ClN4O5S.